The third-order valence-electron chi connectivity index (χ3n) is 4.09. The second-order valence-electron chi connectivity index (χ2n) is 5.68. The number of carbonyl (C=O) groups is 2. The van der Waals surface area contributed by atoms with Crippen molar-refractivity contribution in [2.45, 2.75) is 18.9 Å². The highest BCUT2D eigenvalue weighted by Crippen LogP contribution is 2.29. The maximum absolute atomic E-state index is 12.6. The summed E-state index contributed by atoms with van der Waals surface area (Å²) in [5.74, 6) is -0.338. The first-order valence-electron chi connectivity index (χ1n) is 7.37. The minimum Gasteiger partial charge on any atom is -0.479 e. The number of hydrogen-bond donors (Lipinski definition) is 2. The molecule has 1 aliphatic rings. The van der Waals surface area contributed by atoms with Crippen molar-refractivity contribution in [2.75, 3.05) is 11.5 Å². The maximum atomic E-state index is 12.6. The number of benzene rings is 1. The van der Waals surface area contributed by atoms with E-state index in [1.54, 1.807) is 29.8 Å². The Morgan fingerprint density at radius 3 is 2.88 bits per heavy atom. The Morgan fingerprint density at radius 2 is 2.25 bits per heavy atom. The van der Waals surface area contributed by atoms with Gasteiger partial charge in [0.25, 0.3) is 5.91 Å². The molecule has 126 valence electrons. The summed E-state index contributed by atoms with van der Waals surface area (Å²) in [6.07, 6.45) is 1.86. The average Bonchev–Trinajstić information content (AvgIpc) is 3.15. The molecule has 2 heterocycles. The number of amides is 1. The standard InChI is InChI=1S/C16H16ClN3O3S/c1-10-13(8-18-20(10)12-4-2-3-11(17)7-12)14(21)19-16(15(22)23)5-6-24-9-16/h2-4,7-8H,5-6,9H2,1H3,(H,19,21)(H,22,23). The van der Waals surface area contributed by atoms with E-state index in [-0.39, 0.29) is 0 Å². The van der Waals surface area contributed by atoms with Crippen LogP contribution >= 0.6 is 23.4 Å². The largest absolute Gasteiger partial charge is 0.479 e. The Labute approximate surface area is 148 Å². The predicted molar refractivity (Wildman–Crippen MR) is 93.1 cm³/mol. The summed E-state index contributed by atoms with van der Waals surface area (Å²) in [6, 6.07) is 7.13. The number of nitrogens with zero attached hydrogens (tertiary/aromatic N) is 2. The number of aromatic nitrogens is 2. The summed E-state index contributed by atoms with van der Waals surface area (Å²) in [6.45, 7) is 1.76. The van der Waals surface area contributed by atoms with Gasteiger partial charge in [0.15, 0.2) is 0 Å². The van der Waals surface area contributed by atoms with Crippen LogP contribution in [0.2, 0.25) is 5.02 Å². The van der Waals surface area contributed by atoms with Crippen molar-refractivity contribution >= 4 is 35.2 Å². The van der Waals surface area contributed by atoms with Crippen LogP contribution in [0.1, 0.15) is 22.5 Å². The van der Waals surface area contributed by atoms with Gasteiger partial charge < -0.3 is 10.4 Å². The quantitative estimate of drug-likeness (QED) is 0.869. The molecule has 2 aromatic rings. The van der Waals surface area contributed by atoms with E-state index in [1.165, 1.54) is 18.0 Å². The van der Waals surface area contributed by atoms with E-state index in [9.17, 15) is 14.7 Å². The lowest BCUT2D eigenvalue weighted by atomic mass is 9.98. The Balaban J connectivity index is 1.88. The molecule has 1 fully saturated rings. The molecule has 0 saturated carbocycles. The molecule has 1 saturated heterocycles. The topological polar surface area (TPSA) is 84.2 Å². The van der Waals surface area contributed by atoms with Crippen molar-refractivity contribution in [3.63, 3.8) is 0 Å². The normalized spacial score (nSPS) is 20.1. The molecule has 6 nitrogen and oxygen atoms in total. The van der Waals surface area contributed by atoms with Crippen molar-refractivity contribution in [3.8, 4) is 5.69 Å². The molecule has 1 aliphatic heterocycles. The summed E-state index contributed by atoms with van der Waals surface area (Å²) in [4.78, 5) is 24.2. The molecule has 1 unspecified atom stereocenters. The van der Waals surface area contributed by atoms with Crippen LogP contribution in [0.4, 0.5) is 0 Å². The molecule has 3 rings (SSSR count). The second kappa shape index (κ2) is 6.49. The van der Waals surface area contributed by atoms with Crippen LogP contribution in [0.25, 0.3) is 5.69 Å². The summed E-state index contributed by atoms with van der Waals surface area (Å²) in [5.41, 5.74) is 0.517. The highest BCUT2D eigenvalue weighted by atomic mass is 35.5. The minimum absolute atomic E-state index is 0.354. The number of rotatable bonds is 4. The van der Waals surface area contributed by atoms with Crippen LogP contribution in [0.5, 0.6) is 0 Å². The first-order chi connectivity index (χ1) is 11.4. The van der Waals surface area contributed by atoms with Gasteiger partial charge in [-0.05, 0) is 37.3 Å². The van der Waals surface area contributed by atoms with Crippen LogP contribution in [0.3, 0.4) is 0 Å². The van der Waals surface area contributed by atoms with Gasteiger partial charge in [-0.25, -0.2) is 9.48 Å². The number of carboxylic acids is 1. The number of carbonyl (C=O) groups excluding carboxylic acids is 1. The summed E-state index contributed by atoms with van der Waals surface area (Å²) in [7, 11) is 0. The van der Waals surface area contributed by atoms with Gasteiger partial charge in [0.2, 0.25) is 0 Å². The number of hydrogen-bond acceptors (Lipinski definition) is 4. The van der Waals surface area contributed by atoms with Crippen molar-refractivity contribution in [1.29, 1.82) is 0 Å². The van der Waals surface area contributed by atoms with Crippen LogP contribution < -0.4 is 5.32 Å². The summed E-state index contributed by atoms with van der Waals surface area (Å²) < 4.78 is 1.61. The van der Waals surface area contributed by atoms with Gasteiger partial charge >= 0.3 is 5.97 Å². The third-order valence-corrected chi connectivity index (χ3v) is 5.52. The van der Waals surface area contributed by atoms with Gasteiger partial charge in [-0.1, -0.05) is 17.7 Å². The van der Waals surface area contributed by atoms with E-state index >= 15 is 0 Å². The fourth-order valence-electron chi connectivity index (χ4n) is 2.67. The first-order valence-corrected chi connectivity index (χ1v) is 8.90. The number of thioether (sulfide) groups is 1. The molecule has 24 heavy (non-hydrogen) atoms. The van der Waals surface area contributed by atoms with Gasteiger partial charge in [-0.2, -0.15) is 16.9 Å². The smallest absolute Gasteiger partial charge is 0.330 e. The molecule has 1 aromatic carbocycles. The fraction of sp³-hybridized carbons (Fsp3) is 0.312. The highest BCUT2D eigenvalue weighted by Gasteiger charge is 2.43. The Bertz CT molecular complexity index is 800. The minimum atomic E-state index is -1.20. The Hall–Kier alpha value is -1.99. The molecule has 0 radical (unpaired) electrons. The lowest BCUT2D eigenvalue weighted by Crippen LogP contribution is -2.54. The van der Waals surface area contributed by atoms with Gasteiger partial charge in [-0.3, -0.25) is 4.79 Å². The summed E-state index contributed by atoms with van der Waals surface area (Å²) in [5, 5.41) is 17.0. The molecular weight excluding hydrogens is 350 g/mol. The molecule has 1 atom stereocenters. The lowest BCUT2D eigenvalue weighted by Gasteiger charge is -2.24. The van der Waals surface area contributed by atoms with E-state index in [1.807, 2.05) is 6.07 Å². The van der Waals surface area contributed by atoms with E-state index in [2.05, 4.69) is 10.4 Å². The molecule has 0 bridgehead atoms. The molecule has 1 amide bonds. The molecule has 2 N–H and O–H groups in total. The van der Waals surface area contributed by atoms with E-state index in [4.69, 9.17) is 11.6 Å². The number of aliphatic carboxylic acids is 1. The monoisotopic (exact) mass is 365 g/mol. The van der Waals surface area contributed by atoms with Crippen molar-refractivity contribution in [2.24, 2.45) is 0 Å². The van der Waals surface area contributed by atoms with Gasteiger partial charge in [-0.15, -0.1) is 0 Å². The van der Waals surface area contributed by atoms with E-state index < -0.39 is 17.4 Å². The highest BCUT2D eigenvalue weighted by molar-refractivity contribution is 7.99. The zero-order valence-corrected chi connectivity index (χ0v) is 14.5. The van der Waals surface area contributed by atoms with E-state index in [0.29, 0.717) is 34.2 Å². The van der Waals surface area contributed by atoms with Crippen LogP contribution in [-0.2, 0) is 4.79 Å². The molecule has 0 spiro atoms. The number of carboxylic acid groups (broad SMARTS) is 1. The molecule has 1 aromatic heterocycles. The van der Waals surface area contributed by atoms with Crippen molar-refractivity contribution < 1.29 is 14.7 Å². The number of nitrogens with one attached hydrogen (secondary N) is 1. The first kappa shape index (κ1) is 16.9. The Morgan fingerprint density at radius 1 is 1.46 bits per heavy atom. The SMILES string of the molecule is Cc1c(C(=O)NC2(C(=O)O)CCSC2)cnn1-c1cccc(Cl)c1. The molecule has 0 aliphatic carbocycles. The van der Waals surface area contributed by atoms with Crippen LogP contribution in [0.15, 0.2) is 30.5 Å². The zero-order chi connectivity index (χ0) is 17.3. The maximum Gasteiger partial charge on any atom is 0.330 e. The third kappa shape index (κ3) is 3.01. The molecular formula is C16H16ClN3O3S. The molecule has 8 heteroatoms. The predicted octanol–water partition coefficient (Wildman–Crippen LogP) is 2.52. The fourth-order valence-corrected chi connectivity index (χ4v) is 4.18. The van der Waals surface area contributed by atoms with Crippen molar-refractivity contribution in [3.05, 3.63) is 46.7 Å². The van der Waals surface area contributed by atoms with Gasteiger partial charge in [0.05, 0.1) is 23.1 Å². The lowest BCUT2D eigenvalue weighted by molar-refractivity contribution is -0.143. The zero-order valence-electron chi connectivity index (χ0n) is 13.0. The van der Waals surface area contributed by atoms with Crippen molar-refractivity contribution in [1.82, 2.24) is 15.1 Å². The van der Waals surface area contributed by atoms with Crippen LogP contribution in [0, 0.1) is 6.92 Å². The van der Waals surface area contributed by atoms with Gasteiger partial charge in [0, 0.05) is 10.8 Å². The van der Waals surface area contributed by atoms with E-state index in [0.717, 1.165) is 5.69 Å². The Kier molecular flexibility index (Phi) is 4.56. The van der Waals surface area contributed by atoms with Crippen LogP contribution in [-0.4, -0.2) is 43.8 Å². The average molecular weight is 366 g/mol. The second-order valence-corrected chi connectivity index (χ2v) is 7.22. The van der Waals surface area contributed by atoms with Gasteiger partial charge in [0.1, 0.15) is 5.54 Å². The summed E-state index contributed by atoms with van der Waals surface area (Å²) >= 11 is 7.52. The number of halogens is 1.